The average Bonchev–Trinajstić information content (AvgIpc) is 2.65. The number of nitrogens with zero attached hydrogens (tertiary/aromatic N) is 3. The Bertz CT molecular complexity index is 553. The third kappa shape index (κ3) is 4.57. The lowest BCUT2D eigenvalue weighted by Gasteiger charge is -2.32. The smallest absolute Gasteiger partial charge is 0.148 e. The molecule has 0 aromatic carbocycles. The normalized spacial score (nSPS) is 21.2. The quantitative estimate of drug-likeness (QED) is 0.780. The van der Waals surface area contributed by atoms with E-state index in [-0.39, 0.29) is 11.9 Å². The molecule has 1 fully saturated rings. The number of aromatic nitrogens is 2. The highest BCUT2D eigenvalue weighted by Crippen LogP contribution is 2.10. The van der Waals surface area contributed by atoms with Crippen molar-refractivity contribution in [3.05, 3.63) is 17.5 Å². The van der Waals surface area contributed by atoms with Crippen LogP contribution in [0.2, 0.25) is 0 Å². The summed E-state index contributed by atoms with van der Waals surface area (Å²) >= 11 is 0. The van der Waals surface area contributed by atoms with Crippen LogP contribution in [0.3, 0.4) is 0 Å². The minimum atomic E-state index is -2.90. The first kappa shape index (κ1) is 15.5. The van der Waals surface area contributed by atoms with Gasteiger partial charge in [0.05, 0.1) is 30.7 Å². The van der Waals surface area contributed by atoms with Crippen molar-refractivity contribution in [1.29, 1.82) is 0 Å². The van der Waals surface area contributed by atoms with Crippen LogP contribution in [-0.2, 0) is 21.1 Å². The maximum atomic E-state index is 11.2. The highest BCUT2D eigenvalue weighted by molar-refractivity contribution is 7.90. The molecule has 1 aromatic rings. The van der Waals surface area contributed by atoms with Gasteiger partial charge in [0.25, 0.3) is 0 Å². The summed E-state index contributed by atoms with van der Waals surface area (Å²) in [5.74, 6) is 0.208. The SMILES string of the molecule is Cc1cc(C)n(C[C@H]2CN(CCS(C)(=O)=O)CCO2)n1. The van der Waals surface area contributed by atoms with E-state index in [1.54, 1.807) is 0 Å². The number of aryl methyl sites for hydroxylation is 2. The lowest BCUT2D eigenvalue weighted by atomic mass is 10.2. The maximum absolute atomic E-state index is 11.2. The molecule has 6 nitrogen and oxygen atoms in total. The lowest BCUT2D eigenvalue weighted by Crippen LogP contribution is -2.45. The van der Waals surface area contributed by atoms with Crippen LogP contribution in [0.25, 0.3) is 0 Å². The molecule has 0 N–H and O–H groups in total. The Hall–Kier alpha value is -0.920. The Morgan fingerprint density at radius 2 is 2.20 bits per heavy atom. The number of morpholine rings is 1. The molecule has 0 bridgehead atoms. The second kappa shape index (κ2) is 6.24. The van der Waals surface area contributed by atoms with Crippen LogP contribution in [0.4, 0.5) is 0 Å². The first-order valence-corrected chi connectivity index (χ1v) is 8.92. The molecule has 7 heteroatoms. The van der Waals surface area contributed by atoms with Crippen molar-refractivity contribution >= 4 is 9.84 Å². The molecule has 1 atom stereocenters. The van der Waals surface area contributed by atoms with Gasteiger partial charge in [-0.1, -0.05) is 0 Å². The molecule has 2 heterocycles. The van der Waals surface area contributed by atoms with Crippen LogP contribution in [0, 0.1) is 13.8 Å². The van der Waals surface area contributed by atoms with Crippen LogP contribution < -0.4 is 0 Å². The fraction of sp³-hybridized carbons (Fsp3) is 0.769. The summed E-state index contributed by atoms with van der Waals surface area (Å²) in [5, 5.41) is 4.44. The van der Waals surface area contributed by atoms with E-state index in [1.165, 1.54) is 6.26 Å². The number of rotatable bonds is 5. The molecule has 114 valence electrons. The number of hydrogen-bond donors (Lipinski definition) is 0. The van der Waals surface area contributed by atoms with Crippen molar-refractivity contribution in [2.45, 2.75) is 26.5 Å². The van der Waals surface area contributed by atoms with E-state index < -0.39 is 9.84 Å². The highest BCUT2D eigenvalue weighted by atomic mass is 32.2. The first-order chi connectivity index (χ1) is 9.33. The van der Waals surface area contributed by atoms with Crippen molar-refractivity contribution in [2.75, 3.05) is 38.2 Å². The van der Waals surface area contributed by atoms with Gasteiger partial charge in [-0.25, -0.2) is 8.42 Å². The van der Waals surface area contributed by atoms with E-state index in [1.807, 2.05) is 24.6 Å². The predicted molar refractivity (Wildman–Crippen MR) is 77.6 cm³/mol. The van der Waals surface area contributed by atoms with Crippen molar-refractivity contribution in [1.82, 2.24) is 14.7 Å². The van der Waals surface area contributed by atoms with Crippen LogP contribution in [0.5, 0.6) is 0 Å². The molecule has 0 spiro atoms. The molecule has 20 heavy (non-hydrogen) atoms. The molecule has 0 radical (unpaired) electrons. The molecule has 0 unspecified atom stereocenters. The van der Waals surface area contributed by atoms with Gasteiger partial charge < -0.3 is 4.74 Å². The fourth-order valence-corrected chi connectivity index (χ4v) is 3.03. The second-order valence-electron chi connectivity index (χ2n) is 5.53. The van der Waals surface area contributed by atoms with Crippen molar-refractivity contribution in [3.8, 4) is 0 Å². The molecule has 2 rings (SSSR count). The molecule has 1 saturated heterocycles. The van der Waals surface area contributed by atoms with E-state index in [0.29, 0.717) is 13.2 Å². The van der Waals surface area contributed by atoms with Gasteiger partial charge in [0.1, 0.15) is 9.84 Å². The van der Waals surface area contributed by atoms with Gasteiger partial charge in [0, 0.05) is 31.6 Å². The van der Waals surface area contributed by atoms with E-state index in [0.717, 1.165) is 31.0 Å². The largest absolute Gasteiger partial charge is 0.374 e. The predicted octanol–water partition coefficient (Wildman–Crippen LogP) is 0.245. The molecule has 0 amide bonds. The van der Waals surface area contributed by atoms with Crippen LogP contribution in [0.15, 0.2) is 6.07 Å². The number of hydrogen-bond acceptors (Lipinski definition) is 5. The van der Waals surface area contributed by atoms with Crippen molar-refractivity contribution < 1.29 is 13.2 Å². The summed E-state index contributed by atoms with van der Waals surface area (Å²) in [5.41, 5.74) is 2.13. The molecule has 1 aromatic heterocycles. The molecule has 0 saturated carbocycles. The van der Waals surface area contributed by atoms with Crippen molar-refractivity contribution in [3.63, 3.8) is 0 Å². The fourth-order valence-electron chi connectivity index (χ4n) is 2.44. The van der Waals surface area contributed by atoms with Gasteiger partial charge in [-0.15, -0.1) is 0 Å². The standard InChI is InChI=1S/C13H23N3O3S/c1-11-8-12(2)16(14-11)10-13-9-15(4-6-19-13)5-7-20(3,17)18/h8,13H,4-7,9-10H2,1-3H3/t13-/m1/s1. The van der Waals surface area contributed by atoms with Gasteiger partial charge in [-0.3, -0.25) is 9.58 Å². The van der Waals surface area contributed by atoms with Gasteiger partial charge in [0.2, 0.25) is 0 Å². The summed E-state index contributed by atoms with van der Waals surface area (Å²) in [6, 6.07) is 2.05. The Labute approximate surface area is 120 Å². The third-order valence-corrected chi connectivity index (χ3v) is 4.41. The monoisotopic (exact) mass is 301 g/mol. The summed E-state index contributed by atoms with van der Waals surface area (Å²) in [6.45, 7) is 7.50. The van der Waals surface area contributed by atoms with Crippen molar-refractivity contribution in [2.24, 2.45) is 0 Å². The zero-order chi connectivity index (χ0) is 14.8. The Balaban J connectivity index is 1.89. The first-order valence-electron chi connectivity index (χ1n) is 6.86. The summed E-state index contributed by atoms with van der Waals surface area (Å²) in [6.07, 6.45) is 1.35. The van der Waals surface area contributed by atoms with Gasteiger partial charge >= 0.3 is 0 Å². The van der Waals surface area contributed by atoms with Crippen LogP contribution in [0.1, 0.15) is 11.4 Å². The Morgan fingerprint density at radius 3 is 2.80 bits per heavy atom. The topological polar surface area (TPSA) is 64.4 Å². The molecule has 1 aliphatic heterocycles. The zero-order valence-electron chi connectivity index (χ0n) is 12.4. The second-order valence-corrected chi connectivity index (χ2v) is 7.79. The molecular formula is C13H23N3O3S. The highest BCUT2D eigenvalue weighted by Gasteiger charge is 2.22. The lowest BCUT2D eigenvalue weighted by molar-refractivity contribution is -0.0358. The zero-order valence-corrected chi connectivity index (χ0v) is 13.2. The molecule has 1 aliphatic rings. The summed E-state index contributed by atoms with van der Waals surface area (Å²) < 4.78 is 30.2. The van der Waals surface area contributed by atoms with E-state index >= 15 is 0 Å². The summed E-state index contributed by atoms with van der Waals surface area (Å²) in [4.78, 5) is 2.15. The van der Waals surface area contributed by atoms with Crippen LogP contribution in [-0.4, -0.2) is 67.5 Å². The number of ether oxygens (including phenoxy) is 1. The van der Waals surface area contributed by atoms with E-state index in [4.69, 9.17) is 4.74 Å². The Kier molecular flexibility index (Phi) is 4.82. The number of sulfone groups is 1. The average molecular weight is 301 g/mol. The van der Waals surface area contributed by atoms with Crippen LogP contribution >= 0.6 is 0 Å². The van der Waals surface area contributed by atoms with E-state index in [2.05, 4.69) is 10.00 Å². The minimum Gasteiger partial charge on any atom is -0.374 e. The maximum Gasteiger partial charge on any atom is 0.148 e. The minimum absolute atomic E-state index is 0.0707. The van der Waals surface area contributed by atoms with Gasteiger partial charge in [-0.2, -0.15) is 5.10 Å². The van der Waals surface area contributed by atoms with E-state index in [9.17, 15) is 8.42 Å². The van der Waals surface area contributed by atoms with Gasteiger partial charge in [-0.05, 0) is 19.9 Å². The molecular weight excluding hydrogens is 278 g/mol. The third-order valence-electron chi connectivity index (χ3n) is 3.48. The molecule has 0 aliphatic carbocycles. The Morgan fingerprint density at radius 1 is 1.45 bits per heavy atom. The summed E-state index contributed by atoms with van der Waals surface area (Å²) in [7, 11) is -2.90. The van der Waals surface area contributed by atoms with Gasteiger partial charge in [0.15, 0.2) is 0 Å².